The van der Waals surface area contributed by atoms with E-state index >= 15 is 0 Å². The van der Waals surface area contributed by atoms with Crippen molar-refractivity contribution in [1.29, 1.82) is 0 Å². The number of amides is 1. The van der Waals surface area contributed by atoms with Gasteiger partial charge in [-0.3, -0.25) is 4.79 Å². The van der Waals surface area contributed by atoms with Crippen LogP contribution in [-0.2, 0) is 14.3 Å². The van der Waals surface area contributed by atoms with Crippen molar-refractivity contribution < 1.29 is 19.4 Å². The Labute approximate surface area is 105 Å². The average molecular weight is 251 g/mol. The van der Waals surface area contributed by atoms with Crippen LogP contribution in [0.3, 0.4) is 0 Å². The van der Waals surface area contributed by atoms with Gasteiger partial charge < -0.3 is 14.7 Å². The minimum absolute atomic E-state index is 0.0853. The molecule has 3 aliphatic rings. The maximum absolute atomic E-state index is 12.3. The Kier molecular flexibility index (Phi) is 2.48. The van der Waals surface area contributed by atoms with Crippen LogP contribution in [0.25, 0.3) is 0 Å². The SMILES string of the molecule is CCOC(=O)C1=C2[C@@H](O)CCN2C(=O)C2(CC2)C1. The van der Waals surface area contributed by atoms with Crippen LogP contribution >= 0.6 is 0 Å². The molecule has 5 heteroatoms. The molecule has 0 radical (unpaired) electrons. The molecule has 0 aromatic carbocycles. The number of ether oxygens (including phenoxy) is 1. The van der Waals surface area contributed by atoms with E-state index in [0.29, 0.717) is 37.3 Å². The highest BCUT2D eigenvalue weighted by molar-refractivity contribution is 5.97. The predicted octanol–water partition coefficient (Wildman–Crippen LogP) is 0.581. The van der Waals surface area contributed by atoms with Crippen LogP contribution in [0.4, 0.5) is 0 Å². The van der Waals surface area contributed by atoms with Gasteiger partial charge >= 0.3 is 5.97 Å². The number of rotatable bonds is 2. The summed E-state index contributed by atoms with van der Waals surface area (Å²) in [6, 6.07) is 0. The summed E-state index contributed by atoms with van der Waals surface area (Å²) in [5, 5.41) is 9.96. The molecule has 1 spiro atoms. The van der Waals surface area contributed by atoms with Crippen LogP contribution in [0.2, 0.25) is 0 Å². The summed E-state index contributed by atoms with van der Waals surface area (Å²) in [7, 11) is 0. The predicted molar refractivity (Wildman–Crippen MR) is 62.3 cm³/mol. The second-order valence-corrected chi connectivity index (χ2v) is 5.30. The molecule has 0 aromatic rings. The Bertz CT molecular complexity index is 450. The zero-order chi connectivity index (χ0) is 12.9. The van der Waals surface area contributed by atoms with Crippen molar-refractivity contribution in [2.75, 3.05) is 13.2 Å². The van der Waals surface area contributed by atoms with Gasteiger partial charge in [-0.15, -0.1) is 0 Å². The van der Waals surface area contributed by atoms with Gasteiger partial charge in [0.1, 0.15) is 0 Å². The lowest BCUT2D eigenvalue weighted by molar-refractivity contribution is -0.141. The lowest BCUT2D eigenvalue weighted by Crippen LogP contribution is -2.41. The van der Waals surface area contributed by atoms with E-state index in [1.807, 2.05) is 0 Å². The van der Waals surface area contributed by atoms with E-state index in [9.17, 15) is 14.7 Å². The molecule has 2 fully saturated rings. The number of fused-ring (bicyclic) bond motifs is 1. The van der Waals surface area contributed by atoms with Gasteiger partial charge in [0.15, 0.2) is 0 Å². The molecule has 1 saturated carbocycles. The first kappa shape index (κ1) is 11.7. The van der Waals surface area contributed by atoms with Crippen molar-refractivity contribution in [3.63, 3.8) is 0 Å². The molecule has 1 amide bonds. The standard InChI is InChI=1S/C13H17NO4/c1-2-18-11(16)8-7-13(4-5-13)12(17)14-6-3-9(15)10(8)14/h9,15H,2-7H2,1H3/t9-/m0/s1. The molecule has 2 heterocycles. The molecule has 0 unspecified atom stereocenters. The first-order valence-electron chi connectivity index (χ1n) is 6.49. The van der Waals surface area contributed by atoms with Crippen LogP contribution in [0, 0.1) is 5.41 Å². The van der Waals surface area contributed by atoms with E-state index in [2.05, 4.69) is 0 Å². The molecule has 2 aliphatic heterocycles. The summed E-state index contributed by atoms with van der Waals surface area (Å²) < 4.78 is 5.05. The van der Waals surface area contributed by atoms with E-state index in [4.69, 9.17) is 4.74 Å². The van der Waals surface area contributed by atoms with Crippen molar-refractivity contribution >= 4 is 11.9 Å². The number of aliphatic hydroxyl groups is 1. The third-order valence-corrected chi connectivity index (χ3v) is 4.13. The molecule has 1 N–H and O–H groups in total. The molecule has 3 rings (SSSR count). The zero-order valence-corrected chi connectivity index (χ0v) is 10.4. The molecule has 0 bridgehead atoms. The molecule has 1 saturated heterocycles. The van der Waals surface area contributed by atoms with Gasteiger partial charge in [0.25, 0.3) is 0 Å². The molecule has 1 aliphatic carbocycles. The largest absolute Gasteiger partial charge is 0.463 e. The minimum Gasteiger partial charge on any atom is -0.463 e. The number of esters is 1. The quantitative estimate of drug-likeness (QED) is 0.729. The van der Waals surface area contributed by atoms with Crippen molar-refractivity contribution in [2.24, 2.45) is 5.41 Å². The van der Waals surface area contributed by atoms with Crippen molar-refractivity contribution in [1.82, 2.24) is 4.90 Å². The molecule has 0 aromatic heterocycles. The lowest BCUT2D eigenvalue weighted by Gasteiger charge is -2.32. The fourth-order valence-electron chi connectivity index (χ4n) is 2.99. The summed E-state index contributed by atoms with van der Waals surface area (Å²) >= 11 is 0. The summed E-state index contributed by atoms with van der Waals surface area (Å²) in [6.45, 7) is 2.58. The minimum atomic E-state index is -0.704. The molecule has 98 valence electrons. The van der Waals surface area contributed by atoms with Crippen LogP contribution in [0.5, 0.6) is 0 Å². The molecule has 18 heavy (non-hydrogen) atoms. The summed E-state index contributed by atoms with van der Waals surface area (Å²) in [4.78, 5) is 25.9. The number of nitrogens with zero attached hydrogens (tertiary/aromatic N) is 1. The van der Waals surface area contributed by atoms with Crippen LogP contribution < -0.4 is 0 Å². The first-order valence-corrected chi connectivity index (χ1v) is 6.49. The van der Waals surface area contributed by atoms with E-state index in [1.165, 1.54) is 0 Å². The summed E-state index contributed by atoms with van der Waals surface area (Å²) in [5.41, 5.74) is 0.644. The van der Waals surface area contributed by atoms with Crippen molar-refractivity contribution in [3.05, 3.63) is 11.3 Å². The van der Waals surface area contributed by atoms with Crippen LogP contribution in [-0.4, -0.2) is 41.1 Å². The van der Waals surface area contributed by atoms with E-state index < -0.39 is 6.10 Å². The number of carbonyl (C=O) groups is 2. The Morgan fingerprint density at radius 1 is 1.56 bits per heavy atom. The Morgan fingerprint density at radius 2 is 2.28 bits per heavy atom. The van der Waals surface area contributed by atoms with Gasteiger partial charge in [-0.25, -0.2) is 4.79 Å². The Hall–Kier alpha value is -1.36. The monoisotopic (exact) mass is 251 g/mol. The summed E-state index contributed by atoms with van der Waals surface area (Å²) in [5.74, 6) is -0.292. The van der Waals surface area contributed by atoms with Gasteiger partial charge in [0, 0.05) is 6.54 Å². The normalized spacial score (nSPS) is 28.7. The van der Waals surface area contributed by atoms with Crippen molar-refractivity contribution in [2.45, 2.75) is 38.7 Å². The lowest BCUT2D eigenvalue weighted by atomic mass is 9.89. The highest BCUT2D eigenvalue weighted by Gasteiger charge is 2.58. The molecular formula is C13H17NO4. The van der Waals surface area contributed by atoms with Gasteiger partial charge in [0.05, 0.1) is 29.4 Å². The second kappa shape index (κ2) is 3.82. The Balaban J connectivity index is 2.01. The van der Waals surface area contributed by atoms with E-state index in [-0.39, 0.29) is 17.3 Å². The fraction of sp³-hybridized carbons (Fsp3) is 0.692. The van der Waals surface area contributed by atoms with Gasteiger partial charge in [-0.1, -0.05) is 0 Å². The molecule has 5 nitrogen and oxygen atoms in total. The third kappa shape index (κ3) is 1.50. The number of hydrogen-bond donors (Lipinski definition) is 1. The maximum atomic E-state index is 12.3. The second-order valence-electron chi connectivity index (χ2n) is 5.30. The molecular weight excluding hydrogens is 234 g/mol. The number of aliphatic hydroxyl groups excluding tert-OH is 1. The van der Waals surface area contributed by atoms with Crippen LogP contribution in [0.1, 0.15) is 32.6 Å². The number of hydrogen-bond acceptors (Lipinski definition) is 4. The Morgan fingerprint density at radius 3 is 2.89 bits per heavy atom. The highest BCUT2D eigenvalue weighted by Crippen LogP contribution is 2.56. The highest BCUT2D eigenvalue weighted by atomic mass is 16.5. The number of carbonyl (C=O) groups excluding carboxylic acids is 2. The van der Waals surface area contributed by atoms with Crippen LogP contribution in [0.15, 0.2) is 11.3 Å². The van der Waals surface area contributed by atoms with E-state index in [0.717, 1.165) is 12.8 Å². The molecule has 1 atom stereocenters. The summed E-state index contributed by atoms with van der Waals surface area (Å²) in [6.07, 6.45) is 1.93. The zero-order valence-electron chi connectivity index (χ0n) is 10.4. The third-order valence-electron chi connectivity index (χ3n) is 4.13. The van der Waals surface area contributed by atoms with E-state index in [1.54, 1.807) is 11.8 Å². The van der Waals surface area contributed by atoms with Gasteiger partial charge in [-0.05, 0) is 32.6 Å². The van der Waals surface area contributed by atoms with Gasteiger partial charge in [-0.2, -0.15) is 0 Å². The average Bonchev–Trinajstić information content (AvgIpc) is 3.02. The first-order chi connectivity index (χ1) is 8.59. The van der Waals surface area contributed by atoms with Gasteiger partial charge in [0.2, 0.25) is 5.91 Å². The topological polar surface area (TPSA) is 66.8 Å². The van der Waals surface area contributed by atoms with Crippen molar-refractivity contribution in [3.8, 4) is 0 Å². The maximum Gasteiger partial charge on any atom is 0.335 e. The fourth-order valence-corrected chi connectivity index (χ4v) is 2.99. The smallest absolute Gasteiger partial charge is 0.335 e.